The Morgan fingerprint density at radius 2 is 2.11 bits per heavy atom. The smallest absolute Gasteiger partial charge is 0.232 e. The molecule has 100 valence electrons. The lowest BCUT2D eigenvalue weighted by Gasteiger charge is -2.19. The Kier molecular flexibility index (Phi) is 5.62. The van der Waals surface area contributed by atoms with Crippen LogP contribution >= 0.6 is 23.5 Å². The van der Waals surface area contributed by atoms with Crippen molar-refractivity contribution >= 4 is 29.4 Å². The van der Waals surface area contributed by atoms with Gasteiger partial charge in [-0.1, -0.05) is 0 Å². The van der Waals surface area contributed by atoms with Gasteiger partial charge < -0.3 is 4.90 Å². The highest BCUT2D eigenvalue weighted by molar-refractivity contribution is 8.00. The molecule has 3 nitrogen and oxygen atoms in total. The molecule has 1 aromatic rings. The highest BCUT2D eigenvalue weighted by Gasteiger charge is 2.15. The van der Waals surface area contributed by atoms with Gasteiger partial charge in [0.05, 0.1) is 17.4 Å². The van der Waals surface area contributed by atoms with Gasteiger partial charge in [0.25, 0.3) is 0 Å². The van der Waals surface area contributed by atoms with Gasteiger partial charge in [0.1, 0.15) is 0 Å². The van der Waals surface area contributed by atoms with E-state index in [1.165, 1.54) is 0 Å². The molecule has 5 heteroatoms. The van der Waals surface area contributed by atoms with E-state index in [9.17, 15) is 4.79 Å². The zero-order valence-corrected chi connectivity index (χ0v) is 12.3. The van der Waals surface area contributed by atoms with Crippen LogP contribution in [0.1, 0.15) is 12.0 Å². The summed E-state index contributed by atoms with van der Waals surface area (Å²) in [6.07, 6.45) is 1.10. The Hall–Kier alpha value is -1.12. The van der Waals surface area contributed by atoms with Gasteiger partial charge in [-0.05, 0) is 36.4 Å². The fraction of sp³-hybridized carbons (Fsp3) is 0.429. The molecule has 1 heterocycles. The fourth-order valence-corrected chi connectivity index (χ4v) is 3.55. The van der Waals surface area contributed by atoms with Crippen molar-refractivity contribution in [1.82, 2.24) is 4.90 Å². The molecule has 0 N–H and O–H groups in total. The maximum Gasteiger partial charge on any atom is 0.232 e. The molecule has 1 amide bonds. The average molecular weight is 292 g/mol. The van der Waals surface area contributed by atoms with Crippen LogP contribution in [0.2, 0.25) is 0 Å². The Balaban J connectivity index is 1.83. The van der Waals surface area contributed by atoms with Crippen molar-refractivity contribution in [2.45, 2.75) is 11.3 Å². The normalized spacial score (nSPS) is 15.6. The van der Waals surface area contributed by atoms with Crippen molar-refractivity contribution < 1.29 is 4.79 Å². The quantitative estimate of drug-likeness (QED) is 0.803. The molecule has 0 unspecified atom stereocenters. The van der Waals surface area contributed by atoms with Crippen molar-refractivity contribution in [3.05, 3.63) is 29.8 Å². The molecule has 1 fully saturated rings. The maximum atomic E-state index is 12.1. The molecule has 1 aliphatic heterocycles. The van der Waals surface area contributed by atoms with Crippen molar-refractivity contribution in [3.63, 3.8) is 0 Å². The molecule has 0 radical (unpaired) electrons. The zero-order valence-electron chi connectivity index (χ0n) is 10.7. The Morgan fingerprint density at radius 1 is 1.32 bits per heavy atom. The Bertz CT molecular complexity index is 459. The summed E-state index contributed by atoms with van der Waals surface area (Å²) in [5.41, 5.74) is 0.653. The molecule has 19 heavy (non-hydrogen) atoms. The minimum absolute atomic E-state index is 0.219. The third-order valence-corrected chi connectivity index (χ3v) is 4.97. The Morgan fingerprint density at radius 3 is 2.84 bits per heavy atom. The minimum Gasteiger partial charge on any atom is -0.341 e. The van der Waals surface area contributed by atoms with E-state index in [0.29, 0.717) is 11.3 Å². The van der Waals surface area contributed by atoms with Crippen LogP contribution in [0.3, 0.4) is 0 Å². The number of carbonyl (C=O) groups is 1. The first-order chi connectivity index (χ1) is 9.29. The maximum absolute atomic E-state index is 12.1. The lowest BCUT2D eigenvalue weighted by Crippen LogP contribution is -2.34. The summed E-state index contributed by atoms with van der Waals surface area (Å²) >= 11 is 3.46. The number of carbonyl (C=O) groups excluding carboxylic acids is 1. The number of hydrogen-bond acceptors (Lipinski definition) is 4. The zero-order chi connectivity index (χ0) is 13.5. The van der Waals surface area contributed by atoms with Crippen LogP contribution in [0.4, 0.5) is 0 Å². The van der Waals surface area contributed by atoms with Crippen LogP contribution in [0.15, 0.2) is 29.2 Å². The number of benzene rings is 1. The second kappa shape index (κ2) is 7.46. The van der Waals surface area contributed by atoms with E-state index in [0.717, 1.165) is 35.9 Å². The molecule has 0 bridgehead atoms. The van der Waals surface area contributed by atoms with Crippen LogP contribution in [-0.2, 0) is 4.79 Å². The SMILES string of the molecule is N#Cc1ccc(SCC(=O)N2CCCSCC2)cc1. The molecule has 0 aromatic heterocycles. The number of thioether (sulfide) groups is 2. The first-order valence-electron chi connectivity index (χ1n) is 6.28. The van der Waals surface area contributed by atoms with Crippen molar-refractivity contribution in [3.8, 4) is 6.07 Å². The molecule has 2 rings (SSSR count). The van der Waals surface area contributed by atoms with Crippen molar-refractivity contribution in [2.75, 3.05) is 30.3 Å². The van der Waals surface area contributed by atoms with Crippen LogP contribution in [0.25, 0.3) is 0 Å². The predicted molar refractivity (Wildman–Crippen MR) is 80.4 cm³/mol. The summed E-state index contributed by atoms with van der Waals surface area (Å²) in [5.74, 6) is 2.91. The largest absolute Gasteiger partial charge is 0.341 e. The lowest BCUT2D eigenvalue weighted by atomic mass is 10.2. The van der Waals surface area contributed by atoms with Gasteiger partial charge in [-0.25, -0.2) is 0 Å². The third-order valence-electron chi connectivity index (χ3n) is 2.92. The molecule has 1 aromatic carbocycles. The van der Waals surface area contributed by atoms with Crippen LogP contribution < -0.4 is 0 Å². The second-order valence-electron chi connectivity index (χ2n) is 4.27. The highest BCUT2D eigenvalue weighted by atomic mass is 32.2. The number of nitrogens with zero attached hydrogens (tertiary/aromatic N) is 2. The van der Waals surface area contributed by atoms with E-state index in [1.807, 2.05) is 28.8 Å². The molecule has 0 saturated carbocycles. The van der Waals surface area contributed by atoms with E-state index in [2.05, 4.69) is 6.07 Å². The molecule has 1 aliphatic rings. The van der Waals surface area contributed by atoms with E-state index in [1.54, 1.807) is 23.9 Å². The summed E-state index contributed by atoms with van der Waals surface area (Å²) in [7, 11) is 0. The lowest BCUT2D eigenvalue weighted by molar-refractivity contribution is -0.128. The highest BCUT2D eigenvalue weighted by Crippen LogP contribution is 2.19. The van der Waals surface area contributed by atoms with E-state index in [-0.39, 0.29) is 5.91 Å². The summed E-state index contributed by atoms with van der Waals surface area (Å²) in [4.78, 5) is 15.1. The number of hydrogen-bond donors (Lipinski definition) is 0. The molecular formula is C14H16N2OS2. The van der Waals surface area contributed by atoms with Crippen molar-refractivity contribution in [2.24, 2.45) is 0 Å². The first-order valence-corrected chi connectivity index (χ1v) is 8.42. The topological polar surface area (TPSA) is 44.1 Å². The number of nitriles is 1. The molecule has 0 atom stereocenters. The van der Waals surface area contributed by atoms with Gasteiger partial charge in [-0.2, -0.15) is 17.0 Å². The summed E-state index contributed by atoms with van der Waals surface area (Å²) < 4.78 is 0. The molecular weight excluding hydrogens is 276 g/mol. The van der Waals surface area contributed by atoms with E-state index >= 15 is 0 Å². The second-order valence-corrected chi connectivity index (χ2v) is 6.55. The fourth-order valence-electron chi connectivity index (χ4n) is 1.86. The summed E-state index contributed by atoms with van der Waals surface area (Å²) in [6, 6.07) is 9.46. The van der Waals surface area contributed by atoms with Crippen LogP contribution in [0, 0.1) is 11.3 Å². The first kappa shape index (κ1) is 14.3. The summed E-state index contributed by atoms with van der Waals surface area (Å²) in [5, 5.41) is 8.72. The van der Waals surface area contributed by atoms with Crippen LogP contribution in [-0.4, -0.2) is 41.2 Å². The van der Waals surface area contributed by atoms with Gasteiger partial charge >= 0.3 is 0 Å². The van der Waals surface area contributed by atoms with E-state index < -0.39 is 0 Å². The van der Waals surface area contributed by atoms with Crippen molar-refractivity contribution in [1.29, 1.82) is 5.26 Å². The summed E-state index contributed by atoms with van der Waals surface area (Å²) in [6.45, 7) is 1.76. The standard InChI is InChI=1S/C14H16N2OS2/c15-10-12-2-4-13(5-3-12)19-11-14(17)16-6-1-8-18-9-7-16/h2-5H,1,6-9,11H2. The van der Waals surface area contributed by atoms with Gasteiger partial charge in [0, 0.05) is 23.7 Å². The Labute approximate surface area is 122 Å². The third kappa shape index (κ3) is 4.48. The van der Waals surface area contributed by atoms with Gasteiger partial charge in [-0.15, -0.1) is 11.8 Å². The van der Waals surface area contributed by atoms with Gasteiger partial charge in [-0.3, -0.25) is 4.79 Å². The minimum atomic E-state index is 0.219. The molecule has 1 saturated heterocycles. The molecule has 0 aliphatic carbocycles. The number of amides is 1. The average Bonchev–Trinajstić information content (AvgIpc) is 2.74. The van der Waals surface area contributed by atoms with Gasteiger partial charge in [0.2, 0.25) is 5.91 Å². The van der Waals surface area contributed by atoms with Gasteiger partial charge in [0.15, 0.2) is 0 Å². The predicted octanol–water partition coefficient (Wildman–Crippen LogP) is 2.62. The monoisotopic (exact) mass is 292 g/mol. The van der Waals surface area contributed by atoms with Crippen LogP contribution in [0.5, 0.6) is 0 Å². The number of rotatable bonds is 3. The molecule has 0 spiro atoms. The van der Waals surface area contributed by atoms with E-state index in [4.69, 9.17) is 5.26 Å².